The molecule has 2 aliphatic carbocycles. The zero-order valence-electron chi connectivity index (χ0n) is 9.24. The molecule has 0 radical (unpaired) electrons. The number of nitrogens with two attached hydrogens (primary N) is 1. The van der Waals surface area contributed by atoms with Gasteiger partial charge in [-0.3, -0.25) is 0 Å². The SMILES string of the molecule is CCCCOC1[C@@H]2CC[C@H]1CC(N)C2. The van der Waals surface area contributed by atoms with E-state index in [0.717, 1.165) is 18.4 Å². The Bertz CT molecular complexity index is 169. The molecule has 0 aromatic heterocycles. The van der Waals surface area contributed by atoms with Crippen molar-refractivity contribution < 1.29 is 4.74 Å². The second kappa shape index (κ2) is 4.63. The van der Waals surface area contributed by atoms with E-state index in [1.165, 1.54) is 38.5 Å². The van der Waals surface area contributed by atoms with Crippen LogP contribution in [0.3, 0.4) is 0 Å². The molecule has 4 atom stereocenters. The third-order valence-corrected chi connectivity index (χ3v) is 3.86. The monoisotopic (exact) mass is 197 g/mol. The van der Waals surface area contributed by atoms with Crippen LogP contribution in [0.5, 0.6) is 0 Å². The predicted octanol–water partition coefficient (Wildman–Crippen LogP) is 2.32. The third-order valence-electron chi connectivity index (χ3n) is 3.86. The molecule has 2 unspecified atom stereocenters. The summed E-state index contributed by atoms with van der Waals surface area (Å²) in [6.07, 6.45) is 8.12. The van der Waals surface area contributed by atoms with E-state index in [4.69, 9.17) is 10.5 Å². The molecule has 0 aromatic carbocycles. The van der Waals surface area contributed by atoms with E-state index in [1.54, 1.807) is 0 Å². The van der Waals surface area contributed by atoms with Crippen molar-refractivity contribution in [1.82, 2.24) is 0 Å². The Morgan fingerprint density at radius 3 is 2.43 bits per heavy atom. The second-order valence-corrected chi connectivity index (χ2v) is 5.02. The van der Waals surface area contributed by atoms with E-state index in [-0.39, 0.29) is 0 Å². The van der Waals surface area contributed by atoms with Gasteiger partial charge in [-0.2, -0.15) is 0 Å². The summed E-state index contributed by atoms with van der Waals surface area (Å²) in [5.41, 5.74) is 6.02. The molecule has 14 heavy (non-hydrogen) atoms. The Morgan fingerprint density at radius 2 is 1.86 bits per heavy atom. The molecule has 2 bridgehead atoms. The molecule has 2 saturated carbocycles. The zero-order valence-corrected chi connectivity index (χ0v) is 9.24. The van der Waals surface area contributed by atoms with Crippen LogP contribution in [0.1, 0.15) is 45.4 Å². The van der Waals surface area contributed by atoms with Crippen LogP contribution in [-0.4, -0.2) is 18.8 Å². The van der Waals surface area contributed by atoms with E-state index >= 15 is 0 Å². The smallest absolute Gasteiger partial charge is 0.0632 e. The van der Waals surface area contributed by atoms with Gasteiger partial charge in [-0.1, -0.05) is 13.3 Å². The summed E-state index contributed by atoms with van der Waals surface area (Å²) in [7, 11) is 0. The highest BCUT2D eigenvalue weighted by Gasteiger charge is 2.42. The molecule has 0 aromatic rings. The van der Waals surface area contributed by atoms with Crippen LogP contribution in [0, 0.1) is 11.8 Å². The fourth-order valence-electron chi connectivity index (χ4n) is 3.16. The van der Waals surface area contributed by atoms with Crippen LogP contribution in [-0.2, 0) is 4.74 Å². The van der Waals surface area contributed by atoms with Gasteiger partial charge in [0.05, 0.1) is 6.10 Å². The number of hydrogen-bond acceptors (Lipinski definition) is 2. The molecule has 2 N–H and O–H groups in total. The summed E-state index contributed by atoms with van der Waals surface area (Å²) in [4.78, 5) is 0. The van der Waals surface area contributed by atoms with Gasteiger partial charge in [-0.15, -0.1) is 0 Å². The van der Waals surface area contributed by atoms with E-state index in [2.05, 4.69) is 6.92 Å². The van der Waals surface area contributed by atoms with Crippen molar-refractivity contribution >= 4 is 0 Å². The van der Waals surface area contributed by atoms with Crippen LogP contribution in [0.4, 0.5) is 0 Å². The van der Waals surface area contributed by atoms with Crippen molar-refractivity contribution in [3.63, 3.8) is 0 Å². The van der Waals surface area contributed by atoms with Gasteiger partial charge in [0.15, 0.2) is 0 Å². The topological polar surface area (TPSA) is 35.2 Å². The minimum atomic E-state index is 0.457. The summed E-state index contributed by atoms with van der Waals surface area (Å²) < 4.78 is 6.00. The second-order valence-electron chi connectivity index (χ2n) is 5.02. The van der Waals surface area contributed by atoms with Crippen molar-refractivity contribution in [2.45, 2.75) is 57.6 Å². The lowest BCUT2D eigenvalue weighted by molar-refractivity contribution is -0.0238. The first kappa shape index (κ1) is 10.4. The normalized spacial score (nSPS) is 41.6. The minimum Gasteiger partial charge on any atom is -0.378 e. The third kappa shape index (κ3) is 2.12. The molecule has 2 rings (SSSR count). The maximum atomic E-state index is 6.02. The van der Waals surface area contributed by atoms with E-state index < -0.39 is 0 Å². The average molecular weight is 197 g/mol. The van der Waals surface area contributed by atoms with Gasteiger partial charge >= 0.3 is 0 Å². The Balaban J connectivity index is 1.82. The quantitative estimate of drug-likeness (QED) is 0.702. The standard InChI is InChI=1S/C12H23NO/c1-2-3-6-14-12-9-4-5-10(12)8-11(13)7-9/h9-12H,2-8,13H2,1H3/t9-,10+,11?,12?. The molecule has 0 amide bonds. The minimum absolute atomic E-state index is 0.457. The van der Waals surface area contributed by atoms with Crippen LogP contribution in [0.2, 0.25) is 0 Å². The van der Waals surface area contributed by atoms with Crippen LogP contribution >= 0.6 is 0 Å². The molecule has 0 spiro atoms. The highest BCUT2D eigenvalue weighted by Crippen LogP contribution is 2.43. The Morgan fingerprint density at radius 1 is 1.21 bits per heavy atom. The van der Waals surface area contributed by atoms with E-state index in [0.29, 0.717) is 12.1 Å². The molecule has 0 aliphatic heterocycles. The Hall–Kier alpha value is -0.0800. The highest BCUT2D eigenvalue weighted by molar-refractivity contribution is 4.94. The summed E-state index contributed by atoms with van der Waals surface area (Å²) in [5, 5.41) is 0. The highest BCUT2D eigenvalue weighted by atomic mass is 16.5. The molecular weight excluding hydrogens is 174 g/mol. The fraction of sp³-hybridized carbons (Fsp3) is 1.00. The van der Waals surface area contributed by atoms with E-state index in [1.807, 2.05) is 0 Å². The maximum absolute atomic E-state index is 6.02. The number of hydrogen-bond donors (Lipinski definition) is 1. The van der Waals surface area contributed by atoms with Crippen LogP contribution in [0.15, 0.2) is 0 Å². The lowest BCUT2D eigenvalue weighted by Crippen LogP contribution is -2.39. The molecular formula is C12H23NO. The molecule has 2 aliphatic rings. The van der Waals surface area contributed by atoms with E-state index in [9.17, 15) is 0 Å². The van der Waals surface area contributed by atoms with Crippen LogP contribution < -0.4 is 5.73 Å². The van der Waals surface area contributed by atoms with Crippen molar-refractivity contribution in [1.29, 1.82) is 0 Å². The lowest BCUT2D eigenvalue weighted by Gasteiger charge is -2.33. The predicted molar refractivity (Wildman–Crippen MR) is 58.1 cm³/mol. The van der Waals surface area contributed by atoms with Crippen molar-refractivity contribution in [2.24, 2.45) is 17.6 Å². The van der Waals surface area contributed by atoms with Gasteiger partial charge in [-0.25, -0.2) is 0 Å². The van der Waals surface area contributed by atoms with Gasteiger partial charge in [-0.05, 0) is 43.9 Å². The molecule has 82 valence electrons. The molecule has 0 saturated heterocycles. The largest absolute Gasteiger partial charge is 0.378 e. The van der Waals surface area contributed by atoms with Crippen molar-refractivity contribution in [2.75, 3.05) is 6.61 Å². The number of fused-ring (bicyclic) bond motifs is 2. The first-order valence-electron chi connectivity index (χ1n) is 6.18. The molecule has 2 fully saturated rings. The molecule has 2 nitrogen and oxygen atoms in total. The number of rotatable bonds is 4. The fourth-order valence-corrected chi connectivity index (χ4v) is 3.16. The van der Waals surface area contributed by atoms with Crippen molar-refractivity contribution in [3.8, 4) is 0 Å². The van der Waals surface area contributed by atoms with Gasteiger partial charge in [0.25, 0.3) is 0 Å². The van der Waals surface area contributed by atoms with Gasteiger partial charge in [0.1, 0.15) is 0 Å². The average Bonchev–Trinajstić information content (AvgIpc) is 2.42. The summed E-state index contributed by atoms with van der Waals surface area (Å²) >= 11 is 0. The Labute approximate surface area is 87.2 Å². The number of unbranched alkanes of at least 4 members (excludes halogenated alkanes) is 1. The Kier molecular flexibility index (Phi) is 3.45. The van der Waals surface area contributed by atoms with Gasteiger partial charge in [0.2, 0.25) is 0 Å². The summed E-state index contributed by atoms with van der Waals surface area (Å²) in [6.45, 7) is 3.18. The first-order chi connectivity index (χ1) is 6.81. The molecule has 0 heterocycles. The summed E-state index contributed by atoms with van der Waals surface area (Å²) in [5.74, 6) is 1.56. The summed E-state index contributed by atoms with van der Waals surface area (Å²) in [6, 6.07) is 0.457. The lowest BCUT2D eigenvalue weighted by atomic mass is 9.83. The zero-order chi connectivity index (χ0) is 9.97. The van der Waals surface area contributed by atoms with Crippen molar-refractivity contribution in [3.05, 3.63) is 0 Å². The maximum Gasteiger partial charge on any atom is 0.0632 e. The first-order valence-corrected chi connectivity index (χ1v) is 6.18. The van der Waals surface area contributed by atoms with Crippen LogP contribution in [0.25, 0.3) is 0 Å². The van der Waals surface area contributed by atoms with Gasteiger partial charge < -0.3 is 10.5 Å². The molecule has 2 heteroatoms. The van der Waals surface area contributed by atoms with Gasteiger partial charge in [0, 0.05) is 12.6 Å². The number of ether oxygens (including phenoxy) is 1.